The van der Waals surface area contributed by atoms with Crippen molar-refractivity contribution in [3.05, 3.63) is 102 Å². The molecule has 0 radical (unpaired) electrons. The van der Waals surface area contributed by atoms with Crippen LogP contribution in [0.1, 0.15) is 103 Å². The van der Waals surface area contributed by atoms with Crippen LogP contribution in [0, 0.1) is 0 Å². The normalized spacial score (nSPS) is 18.4. The van der Waals surface area contributed by atoms with Gasteiger partial charge in [-0.2, -0.15) is 0 Å². The number of halogens is 2. The number of rotatable bonds is 18. The number of ether oxygens (including phenoxy) is 1. The fourth-order valence-corrected chi connectivity index (χ4v) is 6.03. The quantitative estimate of drug-likeness (QED) is 0.135. The van der Waals surface area contributed by atoms with Gasteiger partial charge in [-0.25, -0.2) is 8.78 Å². The minimum absolute atomic E-state index is 0.320. The molecule has 2 atom stereocenters. The zero-order valence-corrected chi connectivity index (χ0v) is 26.3. The highest BCUT2D eigenvalue weighted by Gasteiger charge is 2.44. The Kier molecular flexibility index (Phi) is 13.2. The van der Waals surface area contributed by atoms with E-state index in [2.05, 4.69) is 50.2 Å². The van der Waals surface area contributed by atoms with Crippen LogP contribution in [0.5, 0.6) is 0 Å². The minimum Gasteiger partial charge on any atom is -0.367 e. The predicted octanol–water partition coefficient (Wildman–Crippen LogP) is 12.5. The summed E-state index contributed by atoms with van der Waals surface area (Å²) >= 11 is 0. The van der Waals surface area contributed by atoms with Crippen molar-refractivity contribution >= 4 is 5.57 Å². The molecule has 230 valence electrons. The molecule has 0 heterocycles. The van der Waals surface area contributed by atoms with Gasteiger partial charge in [0.1, 0.15) is 11.4 Å². The van der Waals surface area contributed by atoms with Gasteiger partial charge in [0, 0.05) is 12.2 Å². The average molecular weight is 585 g/mol. The van der Waals surface area contributed by atoms with E-state index < -0.39 is 17.6 Å². The van der Waals surface area contributed by atoms with Crippen LogP contribution in [-0.2, 0) is 4.74 Å². The Morgan fingerprint density at radius 2 is 1.05 bits per heavy atom. The van der Waals surface area contributed by atoms with E-state index in [-0.39, 0.29) is 0 Å². The Morgan fingerprint density at radius 1 is 0.581 bits per heavy atom. The fourth-order valence-electron chi connectivity index (χ4n) is 6.03. The minimum atomic E-state index is -1.80. The SMILES string of the molecule is CCCCCCCCOC1(CCCCCCCC)C=CC(c2ccc(-c3ccc(-c4ccccc4)cc3)cc2)=C(F)C1F. The van der Waals surface area contributed by atoms with Crippen molar-refractivity contribution < 1.29 is 13.5 Å². The Hall–Kier alpha value is -3.04. The molecular formula is C40H50F2O. The lowest BCUT2D eigenvalue weighted by Crippen LogP contribution is -2.43. The molecule has 2 unspecified atom stereocenters. The van der Waals surface area contributed by atoms with Gasteiger partial charge in [0.05, 0.1) is 0 Å². The standard InChI is InChI=1S/C40H50F2O/c1-3-5-7-9-11-16-29-40(43-31-17-12-10-8-6-4-2)30-28-37(38(41)39(40)42)36-26-24-35(25-27-36)34-22-20-33(21-23-34)32-18-14-13-15-19-32/h13-15,18-28,30,39H,3-12,16-17,29,31H2,1-2H3. The van der Waals surface area contributed by atoms with E-state index in [1.54, 1.807) is 6.08 Å². The molecule has 1 nitrogen and oxygen atoms in total. The number of allylic oxidation sites excluding steroid dienone is 2. The Morgan fingerprint density at radius 3 is 1.60 bits per heavy atom. The van der Waals surface area contributed by atoms with E-state index in [4.69, 9.17) is 4.74 Å². The van der Waals surface area contributed by atoms with E-state index in [0.717, 1.165) is 48.8 Å². The van der Waals surface area contributed by atoms with Gasteiger partial charge < -0.3 is 4.74 Å². The molecule has 3 aromatic carbocycles. The van der Waals surface area contributed by atoms with Crippen molar-refractivity contribution in [1.82, 2.24) is 0 Å². The van der Waals surface area contributed by atoms with Gasteiger partial charge in [-0.15, -0.1) is 0 Å². The molecule has 0 aliphatic heterocycles. The summed E-state index contributed by atoms with van der Waals surface area (Å²) in [5.74, 6) is -0.712. The monoisotopic (exact) mass is 584 g/mol. The smallest absolute Gasteiger partial charge is 0.184 e. The maximum atomic E-state index is 16.1. The third-order valence-corrected chi connectivity index (χ3v) is 8.75. The van der Waals surface area contributed by atoms with Crippen molar-refractivity contribution in [3.8, 4) is 22.3 Å². The maximum absolute atomic E-state index is 16.1. The van der Waals surface area contributed by atoms with Gasteiger partial charge in [0.2, 0.25) is 0 Å². The van der Waals surface area contributed by atoms with Gasteiger partial charge >= 0.3 is 0 Å². The van der Waals surface area contributed by atoms with Crippen LogP contribution in [0.25, 0.3) is 27.8 Å². The molecule has 1 aliphatic rings. The highest BCUT2D eigenvalue weighted by Crippen LogP contribution is 2.41. The summed E-state index contributed by atoms with van der Waals surface area (Å²) in [6, 6.07) is 26.5. The van der Waals surface area contributed by atoms with Crippen molar-refractivity contribution in [2.75, 3.05) is 6.61 Å². The number of hydrogen-bond donors (Lipinski definition) is 0. The number of benzene rings is 3. The second-order valence-corrected chi connectivity index (χ2v) is 12.1. The van der Waals surface area contributed by atoms with Gasteiger partial charge in [-0.1, -0.05) is 169 Å². The zero-order chi connectivity index (χ0) is 30.3. The number of hydrogen-bond acceptors (Lipinski definition) is 1. The van der Waals surface area contributed by atoms with Gasteiger partial charge in [0.25, 0.3) is 0 Å². The molecule has 0 amide bonds. The molecule has 0 N–H and O–H groups in total. The van der Waals surface area contributed by atoms with Gasteiger partial charge in [-0.05, 0) is 46.7 Å². The third-order valence-electron chi connectivity index (χ3n) is 8.75. The van der Waals surface area contributed by atoms with Crippen LogP contribution in [0.2, 0.25) is 0 Å². The third kappa shape index (κ3) is 9.22. The summed E-state index contributed by atoms with van der Waals surface area (Å²) in [5.41, 5.74) is 4.26. The molecule has 1 aliphatic carbocycles. The zero-order valence-electron chi connectivity index (χ0n) is 26.3. The molecule has 43 heavy (non-hydrogen) atoms. The van der Waals surface area contributed by atoms with Gasteiger partial charge in [0.15, 0.2) is 6.17 Å². The summed E-state index contributed by atoms with van der Waals surface area (Å²) < 4.78 is 38.1. The fraction of sp³-hybridized carbons (Fsp3) is 0.450. The lowest BCUT2D eigenvalue weighted by atomic mass is 9.82. The highest BCUT2D eigenvalue weighted by molar-refractivity contribution is 5.80. The van der Waals surface area contributed by atoms with E-state index in [1.807, 2.05) is 48.5 Å². The van der Waals surface area contributed by atoms with Crippen molar-refractivity contribution in [2.24, 2.45) is 0 Å². The molecule has 4 rings (SSSR count). The summed E-state index contributed by atoms with van der Waals surface area (Å²) in [6.07, 6.45) is 15.7. The lowest BCUT2D eigenvalue weighted by Gasteiger charge is -2.36. The lowest BCUT2D eigenvalue weighted by molar-refractivity contribution is -0.0652. The van der Waals surface area contributed by atoms with E-state index in [1.165, 1.54) is 50.5 Å². The molecular weight excluding hydrogens is 534 g/mol. The molecule has 0 aromatic heterocycles. The van der Waals surface area contributed by atoms with E-state index in [9.17, 15) is 0 Å². The second-order valence-electron chi connectivity index (χ2n) is 12.1. The summed E-state index contributed by atoms with van der Waals surface area (Å²) in [6.45, 7) is 4.88. The Balaban J connectivity index is 1.43. The Labute approximate surface area is 259 Å². The predicted molar refractivity (Wildman–Crippen MR) is 179 cm³/mol. The first-order chi connectivity index (χ1) is 21.1. The van der Waals surface area contributed by atoms with Crippen LogP contribution in [-0.4, -0.2) is 18.4 Å². The molecule has 0 saturated carbocycles. The van der Waals surface area contributed by atoms with E-state index >= 15 is 8.78 Å². The Bertz CT molecular complexity index is 1280. The van der Waals surface area contributed by atoms with Crippen LogP contribution in [0.4, 0.5) is 8.78 Å². The van der Waals surface area contributed by atoms with Crippen molar-refractivity contribution in [1.29, 1.82) is 0 Å². The average Bonchev–Trinajstić information content (AvgIpc) is 3.05. The summed E-state index contributed by atoms with van der Waals surface area (Å²) in [7, 11) is 0. The summed E-state index contributed by atoms with van der Waals surface area (Å²) in [4.78, 5) is 0. The molecule has 3 heteroatoms. The highest BCUT2D eigenvalue weighted by atomic mass is 19.2. The second kappa shape index (κ2) is 17.3. The molecule has 3 aromatic rings. The number of alkyl halides is 1. The first-order valence-corrected chi connectivity index (χ1v) is 16.7. The maximum Gasteiger partial charge on any atom is 0.184 e. The molecule has 0 spiro atoms. The molecule has 0 saturated heterocycles. The number of unbranched alkanes of at least 4 members (excludes halogenated alkanes) is 10. The molecule has 0 bridgehead atoms. The van der Waals surface area contributed by atoms with Gasteiger partial charge in [-0.3, -0.25) is 0 Å². The van der Waals surface area contributed by atoms with Crippen molar-refractivity contribution in [2.45, 2.75) is 109 Å². The van der Waals surface area contributed by atoms with Crippen LogP contribution < -0.4 is 0 Å². The first kappa shape index (κ1) is 32.9. The van der Waals surface area contributed by atoms with Crippen LogP contribution >= 0.6 is 0 Å². The molecule has 0 fully saturated rings. The largest absolute Gasteiger partial charge is 0.367 e. The first-order valence-electron chi connectivity index (χ1n) is 16.7. The topological polar surface area (TPSA) is 9.23 Å². The summed E-state index contributed by atoms with van der Waals surface area (Å²) in [5, 5.41) is 0. The van der Waals surface area contributed by atoms with Crippen LogP contribution in [0.15, 0.2) is 96.8 Å². The van der Waals surface area contributed by atoms with E-state index in [0.29, 0.717) is 24.2 Å². The van der Waals surface area contributed by atoms with Crippen molar-refractivity contribution in [3.63, 3.8) is 0 Å². The van der Waals surface area contributed by atoms with Crippen LogP contribution in [0.3, 0.4) is 0 Å².